The van der Waals surface area contributed by atoms with Gasteiger partial charge in [-0.15, -0.1) is 0 Å². The highest BCUT2D eigenvalue weighted by atomic mass is 35.5. The molecule has 0 atom stereocenters. The Labute approximate surface area is 130 Å². The van der Waals surface area contributed by atoms with Gasteiger partial charge in [0.1, 0.15) is 10.0 Å². The van der Waals surface area contributed by atoms with E-state index in [1.807, 2.05) is 0 Å². The zero-order valence-corrected chi connectivity index (χ0v) is 12.7. The molecule has 0 aliphatic heterocycles. The van der Waals surface area contributed by atoms with Crippen molar-refractivity contribution in [3.05, 3.63) is 10.0 Å². The molecular formula is C11H14Cl2N4O4. The quantitative estimate of drug-likeness (QED) is 0.319. The molecule has 116 valence electrons. The number of carbonyl (C=O) groups excluding carboxylic acids is 1. The number of anilines is 1. The van der Waals surface area contributed by atoms with Crippen LogP contribution in [0.25, 0.3) is 0 Å². The molecule has 0 saturated heterocycles. The molecule has 1 aromatic rings. The van der Waals surface area contributed by atoms with E-state index in [0.29, 0.717) is 0 Å². The number of urea groups is 1. The van der Waals surface area contributed by atoms with Gasteiger partial charge in [-0.1, -0.05) is 23.2 Å². The van der Waals surface area contributed by atoms with Crippen LogP contribution >= 0.6 is 23.2 Å². The smallest absolute Gasteiger partial charge is 0.331 e. The Hall–Kier alpha value is -2.06. The number of halogens is 2. The van der Waals surface area contributed by atoms with Gasteiger partial charge in [-0.3, -0.25) is 15.2 Å². The second-order valence-corrected chi connectivity index (χ2v) is 4.75. The number of phenolic OH excluding ortho intramolecular Hbond substituents is 3. The van der Waals surface area contributed by atoms with Crippen molar-refractivity contribution in [2.24, 2.45) is 5.73 Å². The minimum atomic E-state index is -0.895. The Bertz CT molecular complexity index is 579. The molecule has 0 spiro atoms. The molecule has 0 radical (unpaired) electrons. The van der Waals surface area contributed by atoms with Crippen LogP contribution < -0.4 is 10.6 Å². The number of nitrogens with zero attached hydrogens (tertiary/aromatic N) is 2. The summed E-state index contributed by atoms with van der Waals surface area (Å²) in [5.74, 6) is -3.03. The number of aromatic hydroxyl groups is 3. The SMILES string of the molecule is CCN(C(=N)N)C(=O)N(C)c1c(Cl)c(O)c(O)c(O)c1Cl. The Morgan fingerprint density at radius 3 is 1.95 bits per heavy atom. The molecule has 0 heterocycles. The van der Waals surface area contributed by atoms with E-state index in [4.69, 9.17) is 34.3 Å². The van der Waals surface area contributed by atoms with Gasteiger partial charge in [-0.25, -0.2) is 4.79 Å². The summed E-state index contributed by atoms with van der Waals surface area (Å²) in [7, 11) is 1.26. The van der Waals surface area contributed by atoms with Gasteiger partial charge in [-0.2, -0.15) is 0 Å². The summed E-state index contributed by atoms with van der Waals surface area (Å²) < 4.78 is 0. The molecule has 0 aliphatic rings. The molecule has 6 N–H and O–H groups in total. The highest BCUT2D eigenvalue weighted by molar-refractivity contribution is 6.42. The summed E-state index contributed by atoms with van der Waals surface area (Å²) >= 11 is 11.7. The van der Waals surface area contributed by atoms with Gasteiger partial charge in [0.25, 0.3) is 0 Å². The predicted molar refractivity (Wildman–Crippen MR) is 79.5 cm³/mol. The summed E-state index contributed by atoms with van der Waals surface area (Å²) in [6.45, 7) is 1.71. The number of guanidine groups is 1. The van der Waals surface area contributed by atoms with Crippen LogP contribution in [0.2, 0.25) is 10.0 Å². The number of phenols is 3. The predicted octanol–water partition coefficient (Wildman–Crippen LogP) is 1.88. The van der Waals surface area contributed by atoms with Crippen molar-refractivity contribution in [3.63, 3.8) is 0 Å². The van der Waals surface area contributed by atoms with E-state index in [9.17, 15) is 20.1 Å². The number of benzene rings is 1. The van der Waals surface area contributed by atoms with Gasteiger partial charge >= 0.3 is 6.03 Å². The van der Waals surface area contributed by atoms with Crippen LogP contribution in [-0.4, -0.2) is 45.8 Å². The highest BCUT2D eigenvalue weighted by Crippen LogP contribution is 2.52. The fourth-order valence-corrected chi connectivity index (χ4v) is 2.29. The zero-order valence-electron chi connectivity index (χ0n) is 11.2. The monoisotopic (exact) mass is 336 g/mol. The second kappa shape index (κ2) is 6.15. The molecule has 0 unspecified atom stereocenters. The van der Waals surface area contributed by atoms with E-state index < -0.39 is 39.3 Å². The molecule has 10 heteroatoms. The number of nitrogens with one attached hydrogen (secondary N) is 1. The summed E-state index contributed by atoms with van der Waals surface area (Å²) in [6.07, 6.45) is 0. The lowest BCUT2D eigenvalue weighted by molar-refractivity contribution is 0.229. The topological polar surface area (TPSA) is 134 Å². The van der Waals surface area contributed by atoms with Crippen LogP contribution in [0, 0.1) is 5.41 Å². The number of hydrogen-bond donors (Lipinski definition) is 5. The van der Waals surface area contributed by atoms with Gasteiger partial charge < -0.3 is 21.1 Å². The minimum absolute atomic E-state index is 0.115. The Morgan fingerprint density at radius 2 is 1.62 bits per heavy atom. The lowest BCUT2D eigenvalue weighted by atomic mass is 10.2. The fourth-order valence-electron chi connectivity index (χ4n) is 1.62. The van der Waals surface area contributed by atoms with Gasteiger partial charge in [0.15, 0.2) is 17.5 Å². The Kier molecular flexibility index (Phi) is 4.97. The summed E-state index contributed by atoms with van der Waals surface area (Å²) in [4.78, 5) is 14.0. The number of hydrogen-bond acceptors (Lipinski definition) is 5. The molecule has 2 amide bonds. The normalized spacial score (nSPS) is 10.3. The van der Waals surface area contributed by atoms with Crippen LogP contribution in [0.1, 0.15) is 6.92 Å². The largest absolute Gasteiger partial charge is 0.503 e. The molecule has 21 heavy (non-hydrogen) atoms. The number of rotatable bonds is 2. The maximum absolute atomic E-state index is 12.2. The van der Waals surface area contributed by atoms with Crippen LogP contribution in [0.15, 0.2) is 0 Å². The van der Waals surface area contributed by atoms with Crippen molar-refractivity contribution in [2.45, 2.75) is 6.92 Å². The maximum atomic E-state index is 12.2. The average molecular weight is 337 g/mol. The standard InChI is InChI=1S/C11H14Cl2N4O4/c1-3-17(10(14)15)11(21)16(2)6-4(12)7(18)9(20)8(19)5(6)13/h18-20H,3H2,1-2H3,(H3,14,15). The van der Waals surface area contributed by atoms with Crippen LogP contribution in [0.5, 0.6) is 17.2 Å². The Balaban J connectivity index is 3.41. The molecule has 1 aromatic carbocycles. The first-order valence-corrected chi connectivity index (χ1v) is 6.41. The van der Waals surface area contributed by atoms with Crippen LogP contribution in [0.3, 0.4) is 0 Å². The first-order valence-electron chi connectivity index (χ1n) is 5.66. The van der Waals surface area contributed by atoms with Crippen molar-refractivity contribution in [1.82, 2.24) is 4.90 Å². The van der Waals surface area contributed by atoms with E-state index in [0.717, 1.165) is 9.80 Å². The number of carbonyl (C=O) groups is 1. The van der Waals surface area contributed by atoms with Crippen molar-refractivity contribution in [2.75, 3.05) is 18.5 Å². The van der Waals surface area contributed by atoms with Gasteiger partial charge in [-0.05, 0) is 6.92 Å². The van der Waals surface area contributed by atoms with Crippen molar-refractivity contribution in [3.8, 4) is 17.2 Å². The molecule has 0 aliphatic carbocycles. The molecule has 0 saturated carbocycles. The van der Waals surface area contributed by atoms with Crippen molar-refractivity contribution in [1.29, 1.82) is 5.41 Å². The lowest BCUT2D eigenvalue weighted by Gasteiger charge is -2.27. The number of nitrogens with two attached hydrogens (primary N) is 1. The second-order valence-electron chi connectivity index (χ2n) is 3.99. The maximum Gasteiger partial charge on any atom is 0.331 e. The number of amides is 2. The summed E-state index contributed by atoms with van der Waals surface area (Å²) in [5.41, 5.74) is 5.05. The lowest BCUT2D eigenvalue weighted by Crippen LogP contribution is -2.47. The molecular weight excluding hydrogens is 323 g/mol. The van der Waals surface area contributed by atoms with Crippen LogP contribution in [-0.2, 0) is 0 Å². The molecule has 8 nitrogen and oxygen atoms in total. The zero-order chi connectivity index (χ0) is 16.5. The van der Waals surface area contributed by atoms with Gasteiger partial charge in [0, 0.05) is 13.6 Å². The third-order valence-corrected chi connectivity index (χ3v) is 3.46. The highest BCUT2D eigenvalue weighted by Gasteiger charge is 2.29. The summed E-state index contributed by atoms with van der Waals surface area (Å²) in [5, 5.41) is 35.1. The molecule has 0 bridgehead atoms. The summed E-state index contributed by atoms with van der Waals surface area (Å²) in [6, 6.07) is -0.752. The van der Waals surface area contributed by atoms with E-state index in [1.54, 1.807) is 6.92 Å². The molecule has 1 rings (SSSR count). The van der Waals surface area contributed by atoms with E-state index in [2.05, 4.69) is 0 Å². The van der Waals surface area contributed by atoms with Gasteiger partial charge in [0.05, 0.1) is 5.69 Å². The van der Waals surface area contributed by atoms with Crippen LogP contribution in [0.4, 0.5) is 10.5 Å². The van der Waals surface area contributed by atoms with Crippen molar-refractivity contribution < 1.29 is 20.1 Å². The van der Waals surface area contributed by atoms with E-state index in [-0.39, 0.29) is 12.2 Å². The molecule has 0 aromatic heterocycles. The third-order valence-electron chi connectivity index (χ3n) is 2.74. The van der Waals surface area contributed by atoms with Gasteiger partial charge in [0.2, 0.25) is 5.75 Å². The average Bonchev–Trinajstić information content (AvgIpc) is 2.43. The fraction of sp³-hybridized carbons (Fsp3) is 0.273. The Morgan fingerprint density at radius 1 is 1.19 bits per heavy atom. The van der Waals surface area contributed by atoms with E-state index in [1.165, 1.54) is 7.05 Å². The van der Waals surface area contributed by atoms with E-state index >= 15 is 0 Å². The first-order chi connectivity index (χ1) is 9.64. The molecule has 0 fully saturated rings. The minimum Gasteiger partial charge on any atom is -0.503 e. The first kappa shape index (κ1) is 17.0. The third kappa shape index (κ3) is 2.86. The van der Waals surface area contributed by atoms with Crippen molar-refractivity contribution >= 4 is 40.9 Å².